The van der Waals surface area contributed by atoms with Crippen molar-refractivity contribution < 1.29 is 26.7 Å². The fraction of sp³-hybridized carbons (Fsp3) is 0. The zero-order valence-electron chi connectivity index (χ0n) is 6.88. The summed E-state index contributed by atoms with van der Waals surface area (Å²) in [6.07, 6.45) is -0.0434. The van der Waals surface area contributed by atoms with Crippen molar-refractivity contribution in [1.82, 2.24) is 0 Å². The Hall–Kier alpha value is -1.79. The SMILES string of the molecule is N=CC(=O)c1c(F)c(F)c(F)c(F)c1F. The largest absolute Gasteiger partial charge is 0.305 e. The molecule has 0 unspecified atom stereocenters. The molecule has 0 aliphatic rings. The van der Waals surface area contributed by atoms with Crippen LogP contribution in [0.1, 0.15) is 10.4 Å². The predicted molar refractivity (Wildman–Crippen MR) is 39.3 cm³/mol. The Morgan fingerprint density at radius 3 is 1.53 bits per heavy atom. The highest BCUT2D eigenvalue weighted by atomic mass is 19.2. The lowest BCUT2D eigenvalue weighted by Crippen LogP contribution is -2.13. The molecular formula is C8H2F5NO. The maximum Gasteiger partial charge on any atom is 0.209 e. The second-order valence-corrected chi connectivity index (χ2v) is 2.45. The summed E-state index contributed by atoms with van der Waals surface area (Å²) in [4.78, 5) is 10.7. The molecule has 0 saturated heterocycles. The Kier molecular flexibility index (Phi) is 2.83. The number of carbonyl (C=O) groups excluding carboxylic acids is 1. The van der Waals surface area contributed by atoms with Gasteiger partial charge in [0.2, 0.25) is 11.6 Å². The molecule has 0 radical (unpaired) electrons. The molecule has 0 atom stereocenters. The van der Waals surface area contributed by atoms with Crippen LogP contribution in [0.4, 0.5) is 22.0 Å². The Balaban J connectivity index is 3.67. The number of ketones is 1. The molecule has 0 fully saturated rings. The molecular weight excluding hydrogens is 221 g/mol. The van der Waals surface area contributed by atoms with Gasteiger partial charge >= 0.3 is 0 Å². The number of Topliss-reactive ketones (excluding diaryl/α,β-unsaturated/α-hetero) is 1. The van der Waals surface area contributed by atoms with E-state index < -0.39 is 40.4 Å². The molecule has 2 nitrogen and oxygen atoms in total. The van der Waals surface area contributed by atoms with E-state index in [4.69, 9.17) is 5.41 Å². The van der Waals surface area contributed by atoms with Crippen molar-refractivity contribution in [2.24, 2.45) is 0 Å². The van der Waals surface area contributed by atoms with Crippen LogP contribution in [0.3, 0.4) is 0 Å². The zero-order chi connectivity index (χ0) is 11.7. The number of rotatable bonds is 2. The van der Waals surface area contributed by atoms with E-state index in [9.17, 15) is 26.7 Å². The lowest BCUT2D eigenvalue weighted by molar-refractivity contribution is 0.105. The van der Waals surface area contributed by atoms with Gasteiger partial charge in [0.1, 0.15) is 5.56 Å². The van der Waals surface area contributed by atoms with Crippen LogP contribution < -0.4 is 0 Å². The first-order chi connectivity index (χ1) is 6.91. The molecule has 0 aliphatic heterocycles. The molecule has 1 N–H and O–H groups in total. The predicted octanol–water partition coefficient (Wildman–Crippen LogP) is 2.21. The summed E-state index contributed by atoms with van der Waals surface area (Å²) in [5, 5.41) is 6.39. The van der Waals surface area contributed by atoms with Crippen molar-refractivity contribution in [3.05, 3.63) is 34.6 Å². The van der Waals surface area contributed by atoms with Crippen molar-refractivity contribution in [3.63, 3.8) is 0 Å². The molecule has 7 heteroatoms. The number of carbonyl (C=O) groups is 1. The topological polar surface area (TPSA) is 40.9 Å². The molecule has 80 valence electrons. The van der Waals surface area contributed by atoms with Crippen LogP contribution in [0.2, 0.25) is 0 Å². The highest BCUT2D eigenvalue weighted by Gasteiger charge is 2.28. The normalized spacial score (nSPS) is 10.2. The number of nitrogens with one attached hydrogen (secondary N) is 1. The van der Waals surface area contributed by atoms with Gasteiger partial charge in [-0.25, -0.2) is 22.0 Å². The molecule has 1 aromatic rings. The highest BCUT2D eigenvalue weighted by molar-refractivity contribution is 6.34. The van der Waals surface area contributed by atoms with Crippen molar-refractivity contribution in [1.29, 1.82) is 5.41 Å². The molecule has 1 rings (SSSR count). The maximum absolute atomic E-state index is 12.8. The summed E-state index contributed by atoms with van der Waals surface area (Å²) in [6.45, 7) is 0. The van der Waals surface area contributed by atoms with Gasteiger partial charge in [0.15, 0.2) is 23.3 Å². The van der Waals surface area contributed by atoms with Gasteiger partial charge < -0.3 is 5.41 Å². The number of benzene rings is 1. The van der Waals surface area contributed by atoms with Crippen LogP contribution >= 0.6 is 0 Å². The molecule has 0 amide bonds. The van der Waals surface area contributed by atoms with E-state index in [1.54, 1.807) is 0 Å². The molecule has 0 heterocycles. The number of hydrogen-bond donors (Lipinski definition) is 1. The minimum atomic E-state index is -2.34. The lowest BCUT2D eigenvalue weighted by atomic mass is 10.1. The fourth-order valence-electron chi connectivity index (χ4n) is 0.893. The average molecular weight is 223 g/mol. The quantitative estimate of drug-likeness (QED) is 0.270. The van der Waals surface area contributed by atoms with Crippen LogP contribution in [0, 0.1) is 34.5 Å². The molecule has 0 bridgehead atoms. The Labute approximate surface area is 79.8 Å². The van der Waals surface area contributed by atoms with E-state index in [2.05, 4.69) is 0 Å². The summed E-state index contributed by atoms with van der Waals surface area (Å²) < 4.78 is 63.1. The van der Waals surface area contributed by atoms with E-state index >= 15 is 0 Å². The van der Waals surface area contributed by atoms with E-state index in [0.29, 0.717) is 0 Å². The monoisotopic (exact) mass is 223 g/mol. The Morgan fingerprint density at radius 2 is 1.20 bits per heavy atom. The van der Waals surface area contributed by atoms with E-state index in [-0.39, 0.29) is 6.21 Å². The van der Waals surface area contributed by atoms with Gasteiger partial charge in [0.05, 0.1) is 6.21 Å². The second kappa shape index (κ2) is 3.76. The first-order valence-electron chi connectivity index (χ1n) is 3.48. The van der Waals surface area contributed by atoms with Crippen molar-refractivity contribution in [2.75, 3.05) is 0 Å². The van der Waals surface area contributed by atoms with Gasteiger partial charge in [-0.2, -0.15) is 0 Å². The van der Waals surface area contributed by atoms with Crippen LogP contribution in [0.15, 0.2) is 0 Å². The molecule has 0 aliphatic carbocycles. The third kappa shape index (κ3) is 1.60. The van der Waals surface area contributed by atoms with Crippen LogP contribution in [-0.4, -0.2) is 12.0 Å². The van der Waals surface area contributed by atoms with Gasteiger partial charge in [-0.15, -0.1) is 0 Å². The Bertz CT molecular complexity index is 428. The standard InChI is InChI=1S/C8H2F5NO/c9-4-3(2(15)1-14)5(10)7(12)8(13)6(4)11/h1,14H. The minimum absolute atomic E-state index is 0.0434. The van der Waals surface area contributed by atoms with E-state index in [1.165, 1.54) is 0 Å². The molecule has 0 saturated carbocycles. The van der Waals surface area contributed by atoms with Gasteiger partial charge in [-0.1, -0.05) is 0 Å². The lowest BCUT2D eigenvalue weighted by Gasteiger charge is -2.04. The third-order valence-electron chi connectivity index (χ3n) is 1.59. The summed E-state index contributed by atoms with van der Waals surface area (Å²) in [5.41, 5.74) is -1.62. The maximum atomic E-state index is 12.8. The first-order valence-corrected chi connectivity index (χ1v) is 3.48. The van der Waals surface area contributed by atoms with Crippen molar-refractivity contribution >= 4 is 12.0 Å². The van der Waals surface area contributed by atoms with E-state index in [0.717, 1.165) is 0 Å². The number of hydrogen-bond acceptors (Lipinski definition) is 2. The smallest absolute Gasteiger partial charge is 0.209 e. The average Bonchev–Trinajstić information content (AvgIpc) is 2.23. The summed E-state index contributed by atoms with van der Waals surface area (Å²) >= 11 is 0. The molecule has 15 heavy (non-hydrogen) atoms. The molecule has 0 spiro atoms. The van der Waals surface area contributed by atoms with Crippen LogP contribution in [0.25, 0.3) is 0 Å². The van der Waals surface area contributed by atoms with Gasteiger partial charge in [0, 0.05) is 0 Å². The fourth-order valence-corrected chi connectivity index (χ4v) is 0.893. The van der Waals surface area contributed by atoms with Crippen molar-refractivity contribution in [2.45, 2.75) is 0 Å². The zero-order valence-corrected chi connectivity index (χ0v) is 6.88. The molecule has 0 aromatic heterocycles. The summed E-state index contributed by atoms with van der Waals surface area (Å²) in [5.74, 6) is -12.8. The second-order valence-electron chi connectivity index (χ2n) is 2.45. The van der Waals surface area contributed by atoms with Gasteiger partial charge in [-0.05, 0) is 0 Å². The van der Waals surface area contributed by atoms with Crippen LogP contribution in [-0.2, 0) is 0 Å². The molecule has 1 aromatic carbocycles. The number of halogens is 5. The third-order valence-corrected chi connectivity index (χ3v) is 1.59. The summed E-state index contributed by atoms with van der Waals surface area (Å²) in [7, 11) is 0. The van der Waals surface area contributed by atoms with Crippen molar-refractivity contribution in [3.8, 4) is 0 Å². The summed E-state index contributed by atoms with van der Waals surface area (Å²) in [6, 6.07) is 0. The minimum Gasteiger partial charge on any atom is -0.305 e. The van der Waals surface area contributed by atoms with Gasteiger partial charge in [-0.3, -0.25) is 4.79 Å². The van der Waals surface area contributed by atoms with E-state index in [1.807, 2.05) is 0 Å². The Morgan fingerprint density at radius 1 is 0.867 bits per heavy atom. The van der Waals surface area contributed by atoms with Gasteiger partial charge in [0.25, 0.3) is 0 Å². The van der Waals surface area contributed by atoms with Crippen LogP contribution in [0.5, 0.6) is 0 Å². The highest BCUT2D eigenvalue weighted by Crippen LogP contribution is 2.22. The first kappa shape index (κ1) is 11.3.